The van der Waals surface area contributed by atoms with E-state index in [0.717, 1.165) is 12.0 Å². The second kappa shape index (κ2) is 7.08. The van der Waals surface area contributed by atoms with E-state index in [9.17, 15) is 15.0 Å². The second-order valence-electron chi connectivity index (χ2n) is 7.37. The van der Waals surface area contributed by atoms with Gasteiger partial charge in [-0.05, 0) is 50.3 Å². The number of ether oxygens (including phenoxy) is 1. The second-order valence-corrected chi connectivity index (χ2v) is 7.37. The number of rotatable bonds is 5. The molecular weight excluding hydrogens is 330 g/mol. The van der Waals surface area contributed by atoms with Crippen LogP contribution in [0.1, 0.15) is 39.2 Å². The molecule has 1 saturated heterocycles. The average Bonchev–Trinajstić information content (AvgIpc) is 2.86. The summed E-state index contributed by atoms with van der Waals surface area (Å²) >= 11 is 0. The highest BCUT2D eigenvalue weighted by Crippen LogP contribution is 2.46. The third-order valence-electron chi connectivity index (χ3n) is 5.13. The van der Waals surface area contributed by atoms with Gasteiger partial charge in [0.25, 0.3) is 5.91 Å². The van der Waals surface area contributed by atoms with Gasteiger partial charge in [-0.2, -0.15) is 0 Å². The van der Waals surface area contributed by atoms with E-state index in [1.54, 1.807) is 24.3 Å². The minimum absolute atomic E-state index is 0.162. The summed E-state index contributed by atoms with van der Waals surface area (Å²) < 4.78 is 6.21. The van der Waals surface area contributed by atoms with E-state index in [2.05, 4.69) is 18.0 Å². The van der Waals surface area contributed by atoms with Crippen LogP contribution >= 0.6 is 0 Å². The standard InChI is InChI=1S/C21H25NO4/c1-4-5-6-13(2)11-21(3)19(24)17-18(26-21)16(12-22-20(17)25)14-7-9-15(23)10-8-14/h4-5,7-10,12-13,17,19,23-24H,6,11H2,1-3H3/b5-4+/t13-,17?,19+,21+/m0/s1. The maximum absolute atomic E-state index is 12.3. The van der Waals surface area contributed by atoms with Gasteiger partial charge in [-0.3, -0.25) is 4.79 Å². The van der Waals surface area contributed by atoms with Crippen molar-refractivity contribution in [2.24, 2.45) is 16.8 Å². The van der Waals surface area contributed by atoms with E-state index in [1.807, 2.05) is 19.9 Å². The molecule has 2 N–H and O–H groups in total. The van der Waals surface area contributed by atoms with Gasteiger partial charge in [0.15, 0.2) is 0 Å². The zero-order chi connectivity index (χ0) is 18.9. The van der Waals surface area contributed by atoms with Gasteiger partial charge in [-0.15, -0.1) is 0 Å². The maximum Gasteiger partial charge on any atom is 0.259 e. The van der Waals surface area contributed by atoms with Gasteiger partial charge in [0.2, 0.25) is 0 Å². The first-order chi connectivity index (χ1) is 12.4. The van der Waals surface area contributed by atoms with E-state index >= 15 is 0 Å². The summed E-state index contributed by atoms with van der Waals surface area (Å²) in [5.74, 6) is -0.207. The molecule has 1 unspecified atom stereocenters. The van der Waals surface area contributed by atoms with Crippen molar-refractivity contribution >= 4 is 17.7 Å². The largest absolute Gasteiger partial charge is 0.508 e. The molecule has 2 aliphatic heterocycles. The topological polar surface area (TPSA) is 79.1 Å². The fourth-order valence-electron chi connectivity index (χ4n) is 3.78. The molecule has 0 radical (unpaired) electrons. The van der Waals surface area contributed by atoms with Gasteiger partial charge in [-0.25, -0.2) is 4.99 Å². The smallest absolute Gasteiger partial charge is 0.259 e. The van der Waals surface area contributed by atoms with E-state index in [-0.39, 0.29) is 11.7 Å². The molecule has 2 aliphatic rings. The molecule has 26 heavy (non-hydrogen) atoms. The summed E-state index contributed by atoms with van der Waals surface area (Å²) in [6.07, 6.45) is 6.17. The molecular formula is C21H25NO4. The molecule has 1 aromatic carbocycles. The highest BCUT2D eigenvalue weighted by atomic mass is 16.5. The normalized spacial score (nSPS) is 29.2. The number of aromatic hydroxyl groups is 1. The molecule has 3 rings (SSSR count). The van der Waals surface area contributed by atoms with Crippen LogP contribution in [-0.2, 0) is 9.53 Å². The molecule has 5 nitrogen and oxygen atoms in total. The zero-order valence-electron chi connectivity index (χ0n) is 15.3. The molecule has 0 spiro atoms. The minimum atomic E-state index is -0.942. The van der Waals surface area contributed by atoms with Crippen molar-refractivity contribution < 1.29 is 19.7 Å². The van der Waals surface area contributed by atoms with Crippen LogP contribution in [0.5, 0.6) is 5.75 Å². The molecule has 1 fully saturated rings. The van der Waals surface area contributed by atoms with E-state index in [1.165, 1.54) is 6.21 Å². The number of allylic oxidation sites excluding steroid dienone is 3. The summed E-state index contributed by atoms with van der Waals surface area (Å²) in [5.41, 5.74) is 0.628. The number of dihydropyridines is 1. The van der Waals surface area contributed by atoms with Crippen molar-refractivity contribution in [3.05, 3.63) is 47.7 Å². The van der Waals surface area contributed by atoms with Crippen LogP contribution < -0.4 is 0 Å². The van der Waals surface area contributed by atoms with E-state index in [4.69, 9.17) is 4.74 Å². The summed E-state index contributed by atoms with van der Waals surface area (Å²) in [4.78, 5) is 16.3. The number of aliphatic imine (C=N–C) groups is 1. The highest BCUT2D eigenvalue weighted by Gasteiger charge is 2.54. The van der Waals surface area contributed by atoms with Crippen molar-refractivity contribution in [2.75, 3.05) is 0 Å². The summed E-state index contributed by atoms with van der Waals surface area (Å²) in [5, 5.41) is 20.4. The first kappa shape index (κ1) is 18.4. The Morgan fingerprint density at radius 3 is 2.69 bits per heavy atom. The molecule has 0 saturated carbocycles. The number of nitrogens with zero attached hydrogens (tertiary/aromatic N) is 1. The van der Waals surface area contributed by atoms with Crippen LogP contribution in [0.25, 0.3) is 5.57 Å². The first-order valence-electron chi connectivity index (χ1n) is 8.95. The Morgan fingerprint density at radius 1 is 1.35 bits per heavy atom. The van der Waals surface area contributed by atoms with Crippen molar-refractivity contribution in [2.45, 2.75) is 45.3 Å². The minimum Gasteiger partial charge on any atom is -0.508 e. The van der Waals surface area contributed by atoms with E-state index in [0.29, 0.717) is 23.7 Å². The number of aliphatic hydroxyl groups excluding tert-OH is 1. The van der Waals surface area contributed by atoms with Crippen LogP contribution in [0.3, 0.4) is 0 Å². The predicted molar refractivity (Wildman–Crippen MR) is 101 cm³/mol. The van der Waals surface area contributed by atoms with Gasteiger partial charge >= 0.3 is 0 Å². The van der Waals surface area contributed by atoms with Crippen molar-refractivity contribution in [3.63, 3.8) is 0 Å². The van der Waals surface area contributed by atoms with Gasteiger partial charge in [0, 0.05) is 11.8 Å². The molecule has 1 aromatic rings. The Balaban J connectivity index is 1.95. The molecule has 0 bridgehead atoms. The molecule has 0 aromatic heterocycles. The summed E-state index contributed by atoms with van der Waals surface area (Å²) in [6, 6.07) is 6.64. The van der Waals surface area contributed by atoms with Gasteiger partial charge < -0.3 is 14.9 Å². The lowest BCUT2D eigenvalue weighted by Gasteiger charge is -2.30. The quantitative estimate of drug-likeness (QED) is 0.793. The third kappa shape index (κ3) is 3.31. The lowest BCUT2D eigenvalue weighted by molar-refractivity contribution is -0.124. The van der Waals surface area contributed by atoms with Crippen LogP contribution in [-0.4, -0.2) is 34.0 Å². The van der Waals surface area contributed by atoms with Crippen LogP contribution in [0.2, 0.25) is 0 Å². The number of amides is 1. The Labute approximate surface area is 153 Å². The zero-order valence-corrected chi connectivity index (χ0v) is 15.3. The van der Waals surface area contributed by atoms with Crippen LogP contribution in [0.4, 0.5) is 0 Å². The SMILES string of the molecule is C/C=C/C[C@H](C)C[C@@]1(C)OC2=C(c3ccc(O)cc3)C=NC(=O)C2[C@H]1O. The summed E-state index contributed by atoms with van der Waals surface area (Å²) in [6.45, 7) is 5.95. The number of fused-ring (bicyclic) bond motifs is 1. The molecule has 138 valence electrons. The van der Waals surface area contributed by atoms with Crippen molar-refractivity contribution in [1.82, 2.24) is 0 Å². The Bertz CT molecular complexity index is 778. The van der Waals surface area contributed by atoms with Crippen molar-refractivity contribution in [3.8, 4) is 5.75 Å². The monoisotopic (exact) mass is 355 g/mol. The Kier molecular flexibility index (Phi) is 5.01. The average molecular weight is 355 g/mol. The number of hydrogen-bond donors (Lipinski definition) is 2. The third-order valence-corrected chi connectivity index (χ3v) is 5.13. The van der Waals surface area contributed by atoms with Crippen molar-refractivity contribution in [1.29, 1.82) is 0 Å². The molecule has 4 atom stereocenters. The molecule has 5 heteroatoms. The number of phenolic OH excluding ortho intramolecular Hbond substituents is 1. The van der Waals surface area contributed by atoms with Gasteiger partial charge in [-0.1, -0.05) is 31.2 Å². The molecule has 2 heterocycles. The lowest BCUT2D eigenvalue weighted by Crippen LogP contribution is -2.41. The fourth-order valence-corrected chi connectivity index (χ4v) is 3.78. The number of benzene rings is 1. The highest BCUT2D eigenvalue weighted by molar-refractivity contribution is 6.17. The maximum atomic E-state index is 12.3. The number of carbonyl (C=O) groups excluding carboxylic acids is 1. The van der Waals surface area contributed by atoms with Gasteiger partial charge in [0.05, 0.1) is 0 Å². The van der Waals surface area contributed by atoms with Crippen LogP contribution in [0.15, 0.2) is 47.2 Å². The molecule has 1 amide bonds. The van der Waals surface area contributed by atoms with E-state index < -0.39 is 17.6 Å². The first-order valence-corrected chi connectivity index (χ1v) is 8.95. The number of carbonyl (C=O) groups is 1. The number of phenols is 1. The van der Waals surface area contributed by atoms with Gasteiger partial charge in [0.1, 0.15) is 29.1 Å². The predicted octanol–water partition coefficient (Wildman–Crippen LogP) is 3.47. The van der Waals surface area contributed by atoms with Crippen LogP contribution in [0, 0.1) is 11.8 Å². The Hall–Kier alpha value is -2.40. The molecule has 0 aliphatic carbocycles. The Morgan fingerprint density at radius 2 is 2.04 bits per heavy atom. The number of aliphatic hydroxyl groups is 1. The number of hydrogen-bond acceptors (Lipinski definition) is 4. The summed E-state index contributed by atoms with van der Waals surface area (Å²) in [7, 11) is 0. The fraction of sp³-hybridized carbons (Fsp3) is 0.429. The lowest BCUT2D eigenvalue weighted by atomic mass is 9.82.